The Labute approximate surface area is 204 Å². The molecule has 2 nitrogen and oxygen atoms in total. The molecule has 0 spiro atoms. The van der Waals surface area contributed by atoms with Crippen LogP contribution in [-0.4, -0.2) is 5.97 Å². The topological polar surface area (TPSA) is 26.3 Å². The minimum atomic E-state index is -2.59. The summed E-state index contributed by atoms with van der Waals surface area (Å²) >= 11 is -2.59. The van der Waals surface area contributed by atoms with Crippen LogP contribution in [0.3, 0.4) is 0 Å². The first-order chi connectivity index (χ1) is 15.4. The van der Waals surface area contributed by atoms with Crippen molar-refractivity contribution in [3.63, 3.8) is 0 Å². The van der Waals surface area contributed by atoms with Crippen LogP contribution in [0.1, 0.15) is 58.2 Å². The molecule has 0 aromatic heterocycles. The van der Waals surface area contributed by atoms with Crippen molar-refractivity contribution in [3.05, 3.63) is 109 Å². The number of carbonyl (C=O) groups excluding carboxylic acids is 1. The summed E-state index contributed by atoms with van der Waals surface area (Å²) < 4.78 is 22.5. The summed E-state index contributed by atoms with van der Waals surface area (Å²) in [5.74, 6) is -1.25. The van der Waals surface area contributed by atoms with Crippen molar-refractivity contribution in [1.82, 2.24) is 0 Å². The van der Waals surface area contributed by atoms with Gasteiger partial charge in [0.2, 0.25) is 0 Å². The summed E-state index contributed by atoms with van der Waals surface area (Å²) in [7, 11) is 0. The predicted molar refractivity (Wildman–Crippen MR) is 143 cm³/mol. The molecule has 3 aromatic carbocycles. The fourth-order valence-corrected chi connectivity index (χ4v) is 7.04. The van der Waals surface area contributed by atoms with E-state index >= 15 is 0 Å². The zero-order valence-corrected chi connectivity index (χ0v) is 22.3. The summed E-state index contributed by atoms with van der Waals surface area (Å²) in [4.78, 5) is 12.7. The Morgan fingerprint density at radius 1 is 0.727 bits per heavy atom. The van der Waals surface area contributed by atoms with Crippen molar-refractivity contribution in [3.8, 4) is 0 Å². The monoisotopic (exact) mass is 558 g/mol. The number of halogens is 2. The van der Waals surface area contributed by atoms with Gasteiger partial charge in [-0.3, -0.25) is 0 Å². The van der Waals surface area contributed by atoms with E-state index in [0.717, 1.165) is 13.2 Å². The number of carbonyl (C=O) groups is 1. The first-order valence-electron chi connectivity index (χ1n) is 11.0. The molecule has 0 bridgehead atoms. The molecule has 0 N–H and O–H groups in total. The first-order valence-corrected chi connectivity index (χ1v) is 14.0. The Morgan fingerprint density at radius 3 is 1.55 bits per heavy atom. The molecule has 0 aliphatic rings. The van der Waals surface area contributed by atoms with Gasteiger partial charge in [-0.1, -0.05) is 0 Å². The van der Waals surface area contributed by atoms with Crippen LogP contribution in [0.2, 0.25) is 0 Å². The molecule has 0 fully saturated rings. The quantitative estimate of drug-likeness (QED) is 0.233. The van der Waals surface area contributed by atoms with Gasteiger partial charge in [0.15, 0.2) is 0 Å². The van der Waals surface area contributed by atoms with Crippen LogP contribution in [0.25, 0.3) is 5.83 Å². The van der Waals surface area contributed by atoms with Gasteiger partial charge in [0.1, 0.15) is 0 Å². The van der Waals surface area contributed by atoms with E-state index in [4.69, 9.17) is 3.07 Å². The molecule has 3 aromatic rings. The van der Waals surface area contributed by atoms with Gasteiger partial charge in [-0.05, 0) is 0 Å². The van der Waals surface area contributed by atoms with Crippen molar-refractivity contribution >= 4 is 32.0 Å². The van der Waals surface area contributed by atoms with Gasteiger partial charge in [-0.2, -0.15) is 0 Å². The second kappa shape index (κ2) is 10.2. The molecule has 0 atom stereocenters. The maximum atomic E-state index is 14.6. The average Bonchev–Trinajstić information content (AvgIpc) is 2.77. The van der Waals surface area contributed by atoms with Crippen LogP contribution in [0, 0.1) is 7.14 Å². The van der Waals surface area contributed by atoms with E-state index in [0.29, 0.717) is 5.56 Å². The molecule has 33 heavy (non-hydrogen) atoms. The van der Waals surface area contributed by atoms with E-state index < -0.39 is 32.0 Å². The third-order valence-corrected chi connectivity index (χ3v) is 9.84. The molecule has 0 aliphatic carbocycles. The van der Waals surface area contributed by atoms with Crippen molar-refractivity contribution in [2.24, 2.45) is 0 Å². The Morgan fingerprint density at radius 2 is 1.15 bits per heavy atom. The molecular formula is C29H32FIO2. The summed E-state index contributed by atoms with van der Waals surface area (Å²) in [5, 5.41) is 0. The summed E-state index contributed by atoms with van der Waals surface area (Å²) in [6, 6.07) is 25.1. The third-order valence-electron chi connectivity index (χ3n) is 5.26. The van der Waals surface area contributed by atoms with Gasteiger partial charge in [-0.25, -0.2) is 0 Å². The van der Waals surface area contributed by atoms with Crippen LogP contribution in [0.4, 0.5) is 4.39 Å². The van der Waals surface area contributed by atoms with Gasteiger partial charge in [-0.15, -0.1) is 0 Å². The molecule has 4 heteroatoms. The fourth-order valence-electron chi connectivity index (χ4n) is 3.23. The zero-order valence-electron chi connectivity index (χ0n) is 20.2. The van der Waals surface area contributed by atoms with Crippen molar-refractivity contribution < 1.29 is 12.3 Å². The van der Waals surface area contributed by atoms with Crippen LogP contribution in [0.15, 0.2) is 84.9 Å². The second-order valence-corrected chi connectivity index (χ2v) is 14.4. The molecular weight excluding hydrogens is 526 g/mol. The van der Waals surface area contributed by atoms with Gasteiger partial charge >= 0.3 is 205 Å². The molecule has 0 unspecified atom stereocenters. The van der Waals surface area contributed by atoms with Crippen molar-refractivity contribution in [2.75, 3.05) is 0 Å². The fraction of sp³-hybridized carbons (Fsp3) is 0.276. The van der Waals surface area contributed by atoms with Crippen LogP contribution < -0.4 is 0 Å². The van der Waals surface area contributed by atoms with Crippen molar-refractivity contribution in [1.29, 1.82) is 0 Å². The van der Waals surface area contributed by atoms with E-state index in [1.807, 2.05) is 24.3 Å². The van der Waals surface area contributed by atoms with E-state index in [1.54, 1.807) is 30.3 Å². The SMILES string of the molecule is CC(C)(C)c1ccc(I(OC(=O)/C=C(\F)c2ccccc2)c2ccc(C(C)(C)C)cc2)cc1. The van der Waals surface area contributed by atoms with E-state index in [2.05, 4.69) is 65.8 Å². The Kier molecular flexibility index (Phi) is 7.78. The van der Waals surface area contributed by atoms with Crippen molar-refractivity contribution in [2.45, 2.75) is 52.4 Å². The molecule has 3 rings (SSSR count). The Bertz CT molecular complexity index is 1050. The van der Waals surface area contributed by atoms with Crippen LogP contribution in [0.5, 0.6) is 0 Å². The zero-order chi connectivity index (χ0) is 24.2. The van der Waals surface area contributed by atoms with E-state index in [-0.39, 0.29) is 10.8 Å². The third kappa shape index (κ3) is 6.76. The van der Waals surface area contributed by atoms with Gasteiger partial charge in [0.05, 0.1) is 0 Å². The maximum absolute atomic E-state index is 14.6. The van der Waals surface area contributed by atoms with Gasteiger partial charge < -0.3 is 0 Å². The average molecular weight is 558 g/mol. The Balaban J connectivity index is 1.94. The van der Waals surface area contributed by atoms with Crippen LogP contribution in [-0.2, 0) is 18.7 Å². The summed E-state index contributed by atoms with van der Waals surface area (Å²) in [5.41, 5.74) is 2.85. The normalized spacial score (nSPS) is 12.9. The number of hydrogen-bond donors (Lipinski definition) is 0. The number of hydrogen-bond acceptors (Lipinski definition) is 2. The molecule has 0 saturated heterocycles. The molecule has 0 amide bonds. The van der Waals surface area contributed by atoms with E-state index in [9.17, 15) is 9.18 Å². The predicted octanol–water partition coefficient (Wildman–Crippen LogP) is 8.30. The van der Waals surface area contributed by atoms with Gasteiger partial charge in [0.25, 0.3) is 0 Å². The standard InChI is InChI=1S/C29H32FIO2/c1-28(2,3)22-12-16-24(17-13-22)31(25-18-14-23(15-19-25)29(4,5)6)33-27(32)20-26(30)21-10-8-7-9-11-21/h7-20H,1-6H3/b26-20-. The van der Waals surface area contributed by atoms with E-state index in [1.165, 1.54) is 11.1 Å². The minimum absolute atomic E-state index is 0.0319. The van der Waals surface area contributed by atoms with Crippen LogP contribution >= 0.6 is 20.2 Å². The number of rotatable bonds is 5. The molecule has 0 saturated carbocycles. The first kappa shape index (κ1) is 25.2. The number of benzene rings is 3. The molecule has 0 aliphatic heterocycles. The Hall–Kier alpha value is -2.47. The molecule has 174 valence electrons. The van der Waals surface area contributed by atoms with Gasteiger partial charge in [0, 0.05) is 0 Å². The summed E-state index contributed by atoms with van der Waals surface area (Å²) in [6.45, 7) is 13.0. The molecule has 0 radical (unpaired) electrons. The molecule has 0 heterocycles. The second-order valence-electron chi connectivity index (χ2n) is 10.0. The summed E-state index contributed by atoms with van der Waals surface area (Å²) in [6.07, 6.45) is 0.951.